The van der Waals surface area contributed by atoms with Gasteiger partial charge in [0.05, 0.1) is 17.9 Å². The predicted octanol–water partition coefficient (Wildman–Crippen LogP) is 1.95. The molecular formula is C21H25N5O3S. The molecular weight excluding hydrogens is 402 g/mol. The number of nitrogens with one attached hydrogen (secondary N) is 1. The monoisotopic (exact) mass is 427 g/mol. The van der Waals surface area contributed by atoms with Crippen LogP contribution >= 0.6 is 0 Å². The number of carbonyl (C=O) groups excluding carboxylic acids is 1. The molecule has 0 bridgehead atoms. The molecule has 9 heteroatoms. The molecule has 0 spiro atoms. The SMILES string of the molecule is Cc1nn(-c2ccccc2)cc1CCCNC(=O)CN(C)S(=O)(=O)c1cccnc1. The number of benzene rings is 1. The van der Waals surface area contributed by atoms with Crippen LogP contribution in [0.3, 0.4) is 0 Å². The number of rotatable bonds is 9. The Morgan fingerprint density at radius 3 is 2.63 bits per heavy atom. The summed E-state index contributed by atoms with van der Waals surface area (Å²) < 4.78 is 27.7. The van der Waals surface area contributed by atoms with Gasteiger partial charge in [-0.05, 0) is 49.6 Å². The second-order valence-electron chi connectivity index (χ2n) is 6.92. The Balaban J connectivity index is 1.47. The van der Waals surface area contributed by atoms with Crippen molar-refractivity contribution in [2.45, 2.75) is 24.7 Å². The zero-order valence-corrected chi connectivity index (χ0v) is 17.8. The van der Waals surface area contributed by atoms with Crippen LogP contribution in [0.25, 0.3) is 5.69 Å². The quantitative estimate of drug-likeness (QED) is 0.527. The second-order valence-corrected chi connectivity index (χ2v) is 8.97. The average molecular weight is 428 g/mol. The summed E-state index contributed by atoms with van der Waals surface area (Å²) in [6.45, 7) is 2.17. The summed E-state index contributed by atoms with van der Waals surface area (Å²) in [5, 5.41) is 7.32. The van der Waals surface area contributed by atoms with Crippen molar-refractivity contribution in [2.24, 2.45) is 0 Å². The summed E-state index contributed by atoms with van der Waals surface area (Å²) in [5.41, 5.74) is 3.06. The molecule has 0 saturated carbocycles. The van der Waals surface area contributed by atoms with Gasteiger partial charge in [-0.2, -0.15) is 9.40 Å². The van der Waals surface area contributed by atoms with Crippen LogP contribution < -0.4 is 5.32 Å². The van der Waals surface area contributed by atoms with Gasteiger partial charge in [-0.3, -0.25) is 9.78 Å². The van der Waals surface area contributed by atoms with Crippen molar-refractivity contribution in [3.8, 4) is 5.69 Å². The van der Waals surface area contributed by atoms with Crippen LogP contribution in [0.15, 0.2) is 66.0 Å². The molecule has 30 heavy (non-hydrogen) atoms. The highest BCUT2D eigenvalue weighted by atomic mass is 32.2. The van der Waals surface area contributed by atoms with Crippen molar-refractivity contribution < 1.29 is 13.2 Å². The molecule has 3 aromatic rings. The van der Waals surface area contributed by atoms with Crippen LogP contribution in [0.2, 0.25) is 0 Å². The molecule has 0 aliphatic rings. The highest BCUT2D eigenvalue weighted by molar-refractivity contribution is 7.89. The third kappa shape index (κ3) is 5.31. The number of likely N-dealkylation sites (N-methyl/N-ethyl adjacent to an activating group) is 1. The van der Waals surface area contributed by atoms with Gasteiger partial charge in [0.25, 0.3) is 0 Å². The maximum atomic E-state index is 12.4. The first-order valence-corrected chi connectivity index (χ1v) is 11.1. The number of sulfonamides is 1. The van der Waals surface area contributed by atoms with Crippen molar-refractivity contribution in [1.82, 2.24) is 24.4 Å². The number of hydrogen-bond acceptors (Lipinski definition) is 5. The Morgan fingerprint density at radius 2 is 1.93 bits per heavy atom. The van der Waals surface area contributed by atoms with E-state index >= 15 is 0 Å². The van der Waals surface area contributed by atoms with Gasteiger partial charge in [-0.1, -0.05) is 18.2 Å². The maximum Gasteiger partial charge on any atom is 0.244 e. The lowest BCUT2D eigenvalue weighted by Gasteiger charge is -2.16. The minimum absolute atomic E-state index is 0.0613. The van der Waals surface area contributed by atoms with Gasteiger partial charge in [-0.25, -0.2) is 13.1 Å². The average Bonchev–Trinajstić information content (AvgIpc) is 3.13. The third-order valence-corrected chi connectivity index (χ3v) is 6.46. The van der Waals surface area contributed by atoms with E-state index in [-0.39, 0.29) is 17.3 Å². The molecule has 1 amide bonds. The number of aryl methyl sites for hydroxylation is 2. The van der Waals surface area contributed by atoms with Crippen molar-refractivity contribution in [3.63, 3.8) is 0 Å². The number of pyridine rings is 1. The first-order chi connectivity index (χ1) is 14.4. The Labute approximate surface area is 176 Å². The fraction of sp³-hybridized carbons (Fsp3) is 0.286. The Bertz CT molecular complexity index is 1080. The van der Waals surface area contributed by atoms with Gasteiger partial charge >= 0.3 is 0 Å². The van der Waals surface area contributed by atoms with Crippen LogP contribution in [-0.2, 0) is 21.2 Å². The van der Waals surface area contributed by atoms with Crippen molar-refractivity contribution in [2.75, 3.05) is 20.1 Å². The van der Waals surface area contributed by atoms with Crippen LogP contribution in [0.1, 0.15) is 17.7 Å². The Morgan fingerprint density at radius 1 is 1.17 bits per heavy atom. The van der Waals surface area contributed by atoms with Crippen molar-refractivity contribution >= 4 is 15.9 Å². The van der Waals surface area contributed by atoms with Gasteiger partial charge in [-0.15, -0.1) is 0 Å². The fourth-order valence-corrected chi connectivity index (χ4v) is 4.08. The summed E-state index contributed by atoms with van der Waals surface area (Å²) in [5.74, 6) is -0.346. The zero-order chi connectivity index (χ0) is 21.6. The third-order valence-electron chi connectivity index (χ3n) is 4.68. The van der Waals surface area contributed by atoms with Crippen LogP contribution in [0.4, 0.5) is 0 Å². The van der Waals surface area contributed by atoms with Gasteiger partial charge < -0.3 is 5.32 Å². The highest BCUT2D eigenvalue weighted by Crippen LogP contribution is 2.14. The molecule has 0 aliphatic heterocycles. The van der Waals surface area contributed by atoms with Gasteiger partial charge in [0.15, 0.2) is 0 Å². The lowest BCUT2D eigenvalue weighted by atomic mass is 10.1. The van der Waals surface area contributed by atoms with Crippen LogP contribution in [0.5, 0.6) is 0 Å². The number of nitrogens with zero attached hydrogens (tertiary/aromatic N) is 4. The summed E-state index contributed by atoms with van der Waals surface area (Å²) in [7, 11) is -2.36. The summed E-state index contributed by atoms with van der Waals surface area (Å²) in [6, 6.07) is 12.9. The minimum atomic E-state index is -3.74. The smallest absolute Gasteiger partial charge is 0.244 e. The van der Waals surface area contributed by atoms with Crippen molar-refractivity contribution in [3.05, 3.63) is 72.3 Å². The van der Waals surface area contributed by atoms with E-state index in [0.29, 0.717) is 6.54 Å². The van der Waals surface area contributed by atoms with E-state index in [1.54, 1.807) is 6.07 Å². The van der Waals surface area contributed by atoms with Crippen LogP contribution in [0, 0.1) is 6.92 Å². The van der Waals surface area contributed by atoms with Gasteiger partial charge in [0.1, 0.15) is 4.90 Å². The lowest BCUT2D eigenvalue weighted by molar-refractivity contribution is -0.121. The van der Waals surface area contributed by atoms with E-state index < -0.39 is 10.0 Å². The molecule has 0 fully saturated rings. The summed E-state index contributed by atoms with van der Waals surface area (Å²) >= 11 is 0. The maximum absolute atomic E-state index is 12.4. The largest absolute Gasteiger partial charge is 0.355 e. The number of carbonyl (C=O) groups is 1. The molecule has 3 rings (SSSR count). The second kappa shape index (κ2) is 9.64. The summed E-state index contributed by atoms with van der Waals surface area (Å²) in [6.07, 6.45) is 6.26. The number of hydrogen-bond donors (Lipinski definition) is 1. The molecule has 0 unspecified atom stereocenters. The molecule has 2 heterocycles. The molecule has 0 aliphatic carbocycles. The van der Waals surface area contributed by atoms with E-state index in [9.17, 15) is 13.2 Å². The molecule has 0 atom stereocenters. The normalized spacial score (nSPS) is 11.6. The molecule has 0 radical (unpaired) electrons. The van der Waals surface area contributed by atoms with Crippen molar-refractivity contribution in [1.29, 1.82) is 0 Å². The number of para-hydroxylation sites is 1. The van der Waals surface area contributed by atoms with E-state index in [1.165, 1.54) is 25.5 Å². The first kappa shape index (κ1) is 21.7. The molecule has 158 valence electrons. The van der Waals surface area contributed by atoms with E-state index in [2.05, 4.69) is 15.4 Å². The minimum Gasteiger partial charge on any atom is -0.355 e. The predicted molar refractivity (Wildman–Crippen MR) is 114 cm³/mol. The molecule has 1 N–H and O–H groups in total. The highest BCUT2D eigenvalue weighted by Gasteiger charge is 2.22. The number of amides is 1. The Kier molecular flexibility index (Phi) is 6.96. The fourth-order valence-electron chi connectivity index (χ4n) is 2.98. The van der Waals surface area contributed by atoms with E-state index in [1.807, 2.05) is 48.1 Å². The summed E-state index contributed by atoms with van der Waals surface area (Å²) in [4.78, 5) is 16.0. The Hall–Kier alpha value is -3.04. The molecule has 0 saturated heterocycles. The van der Waals surface area contributed by atoms with Gasteiger partial charge in [0, 0.05) is 32.2 Å². The van der Waals surface area contributed by atoms with E-state index in [4.69, 9.17) is 0 Å². The molecule has 8 nitrogen and oxygen atoms in total. The molecule has 1 aromatic carbocycles. The first-order valence-electron chi connectivity index (χ1n) is 9.61. The van der Waals surface area contributed by atoms with Gasteiger partial charge in [0.2, 0.25) is 15.9 Å². The number of aromatic nitrogens is 3. The molecule has 2 aromatic heterocycles. The lowest BCUT2D eigenvalue weighted by Crippen LogP contribution is -2.38. The van der Waals surface area contributed by atoms with Crippen LogP contribution in [-0.4, -0.2) is 53.5 Å². The standard InChI is InChI=1S/C21H25N5O3S/c1-17-18(15-26(24-17)19-9-4-3-5-10-19)8-6-13-23-21(27)16-25(2)30(28,29)20-11-7-12-22-14-20/h3-5,7,9-12,14-15H,6,8,13,16H2,1-2H3,(H,23,27). The van der Waals surface area contributed by atoms with E-state index in [0.717, 1.165) is 34.1 Å². The topological polar surface area (TPSA) is 97.2 Å². The zero-order valence-electron chi connectivity index (χ0n) is 17.0.